The number of rotatable bonds is 7. The van der Waals surface area contributed by atoms with Gasteiger partial charge in [0.2, 0.25) is 17.6 Å². The minimum Gasteiger partial charge on any atom is -0.422 e. The molecule has 8 nitrogen and oxygen atoms in total. The van der Waals surface area contributed by atoms with Crippen LogP contribution >= 0.6 is 0 Å². The predicted octanol–water partition coefficient (Wildman–Crippen LogP) is 5.62. The Balaban J connectivity index is 1.32. The third-order valence-corrected chi connectivity index (χ3v) is 11.3. The first-order chi connectivity index (χ1) is 16.0. The maximum Gasteiger partial charge on any atom is 0.293 e. The van der Waals surface area contributed by atoms with Crippen molar-refractivity contribution < 1.29 is 22.6 Å². The van der Waals surface area contributed by atoms with E-state index < -0.39 is 25.8 Å². The molecule has 0 aliphatic heterocycles. The van der Waals surface area contributed by atoms with E-state index in [0.717, 1.165) is 0 Å². The number of hydrogen-bond donors (Lipinski definition) is 1. The summed E-state index contributed by atoms with van der Waals surface area (Å²) in [4.78, 5) is 12.5. The quantitative estimate of drug-likeness (QED) is 0.432. The Bertz CT molecular complexity index is 1150. The average Bonchev–Trinajstić information content (AvgIpc) is 3.37. The average molecular weight is 487 g/mol. The topological polar surface area (TPSA) is 103 Å². The van der Waals surface area contributed by atoms with E-state index in [2.05, 4.69) is 54.5 Å². The molecular formula is C24H31FN4O4Si. The lowest BCUT2D eigenvalue weighted by molar-refractivity contribution is 0.0858. The number of amides is 1. The summed E-state index contributed by atoms with van der Waals surface area (Å²) in [6.07, 6.45) is 0.948. The highest BCUT2D eigenvalue weighted by molar-refractivity contribution is 6.74. The lowest BCUT2D eigenvalue weighted by Crippen LogP contribution is -2.43. The van der Waals surface area contributed by atoms with E-state index in [4.69, 9.17) is 13.4 Å². The molecule has 1 unspecified atom stereocenters. The second-order valence-electron chi connectivity index (χ2n) is 10.4. The van der Waals surface area contributed by atoms with Crippen LogP contribution in [0, 0.1) is 5.82 Å². The molecule has 0 bridgehead atoms. The molecule has 1 aromatic carbocycles. The van der Waals surface area contributed by atoms with E-state index in [-0.39, 0.29) is 28.8 Å². The van der Waals surface area contributed by atoms with Gasteiger partial charge in [-0.1, -0.05) is 56.3 Å². The van der Waals surface area contributed by atoms with Crippen LogP contribution in [0.2, 0.25) is 18.1 Å². The SMILES string of the molecule is CC(O[Si](C)(C)C(C)(C)C)c1nnc(C2CC(NC(=O)c3onc(-c4ccccc4)c3F)C2)o1. The van der Waals surface area contributed by atoms with Crippen molar-refractivity contribution in [2.24, 2.45) is 0 Å². The first kappa shape index (κ1) is 24.3. The summed E-state index contributed by atoms with van der Waals surface area (Å²) in [7, 11) is -1.97. The van der Waals surface area contributed by atoms with E-state index >= 15 is 0 Å². The molecule has 1 aliphatic rings. The Morgan fingerprint density at radius 1 is 1.21 bits per heavy atom. The monoisotopic (exact) mass is 486 g/mol. The Kier molecular flexibility index (Phi) is 6.47. The molecule has 1 saturated carbocycles. The van der Waals surface area contributed by atoms with E-state index in [1.165, 1.54) is 0 Å². The summed E-state index contributed by atoms with van der Waals surface area (Å²) in [5, 5.41) is 15.0. The number of benzene rings is 1. The molecule has 2 heterocycles. The van der Waals surface area contributed by atoms with E-state index in [1.807, 2.05) is 13.0 Å². The molecule has 1 amide bonds. The highest BCUT2D eigenvalue weighted by atomic mass is 28.4. The van der Waals surface area contributed by atoms with Gasteiger partial charge >= 0.3 is 0 Å². The number of carbonyl (C=O) groups excluding carboxylic acids is 1. The fourth-order valence-electron chi connectivity index (χ4n) is 3.63. The van der Waals surface area contributed by atoms with Gasteiger partial charge < -0.3 is 18.7 Å². The molecule has 34 heavy (non-hydrogen) atoms. The molecule has 3 aromatic rings. The van der Waals surface area contributed by atoms with Gasteiger partial charge in [0.05, 0.1) is 0 Å². The summed E-state index contributed by atoms with van der Waals surface area (Å²) >= 11 is 0. The number of halogens is 1. The van der Waals surface area contributed by atoms with Crippen LogP contribution in [0.3, 0.4) is 0 Å². The normalized spacial score (nSPS) is 19.5. The third-order valence-electron chi connectivity index (χ3n) is 6.79. The summed E-state index contributed by atoms with van der Waals surface area (Å²) in [6, 6.07) is 8.61. The number of nitrogens with one attached hydrogen (secondary N) is 1. The van der Waals surface area contributed by atoms with Gasteiger partial charge in [-0.05, 0) is 37.9 Å². The van der Waals surface area contributed by atoms with Gasteiger partial charge in [-0.15, -0.1) is 10.2 Å². The summed E-state index contributed by atoms with van der Waals surface area (Å²) < 4.78 is 31.9. The fraction of sp³-hybridized carbons (Fsp3) is 0.500. The Labute approximate surface area is 199 Å². The summed E-state index contributed by atoms with van der Waals surface area (Å²) in [5.41, 5.74) is 0.565. The molecule has 2 aromatic heterocycles. The maximum atomic E-state index is 14.7. The Morgan fingerprint density at radius 3 is 2.53 bits per heavy atom. The lowest BCUT2D eigenvalue weighted by Gasteiger charge is -2.37. The predicted molar refractivity (Wildman–Crippen MR) is 126 cm³/mol. The van der Waals surface area contributed by atoms with Crippen LogP contribution in [-0.2, 0) is 4.43 Å². The van der Waals surface area contributed by atoms with Crippen LogP contribution in [0.5, 0.6) is 0 Å². The van der Waals surface area contributed by atoms with Crippen molar-refractivity contribution >= 4 is 14.2 Å². The largest absolute Gasteiger partial charge is 0.422 e. The summed E-state index contributed by atoms with van der Waals surface area (Å²) in [6.45, 7) is 12.8. The van der Waals surface area contributed by atoms with Gasteiger partial charge in [-0.3, -0.25) is 4.79 Å². The molecule has 0 spiro atoms. The molecule has 4 rings (SSSR count). The van der Waals surface area contributed by atoms with Crippen molar-refractivity contribution in [3.8, 4) is 11.3 Å². The van der Waals surface area contributed by atoms with Crippen molar-refractivity contribution in [1.29, 1.82) is 0 Å². The van der Waals surface area contributed by atoms with Gasteiger partial charge in [0, 0.05) is 17.5 Å². The Hall–Kier alpha value is -2.85. The van der Waals surface area contributed by atoms with Crippen LogP contribution in [0.15, 0.2) is 39.3 Å². The molecule has 0 saturated heterocycles. The number of carbonyl (C=O) groups is 1. The van der Waals surface area contributed by atoms with Gasteiger partial charge in [0.25, 0.3) is 11.7 Å². The highest BCUT2D eigenvalue weighted by Crippen LogP contribution is 2.41. The first-order valence-electron chi connectivity index (χ1n) is 11.5. The fourth-order valence-corrected chi connectivity index (χ4v) is 4.97. The van der Waals surface area contributed by atoms with E-state index in [0.29, 0.717) is 30.2 Å². The zero-order valence-corrected chi connectivity index (χ0v) is 21.4. The number of aromatic nitrogens is 3. The zero-order chi connectivity index (χ0) is 24.7. The molecule has 1 fully saturated rings. The second kappa shape index (κ2) is 9.07. The van der Waals surface area contributed by atoms with Crippen LogP contribution in [0.1, 0.15) is 74.9 Å². The highest BCUT2D eigenvalue weighted by Gasteiger charge is 2.40. The summed E-state index contributed by atoms with van der Waals surface area (Å²) in [5.74, 6) is -0.784. The number of hydrogen-bond acceptors (Lipinski definition) is 7. The van der Waals surface area contributed by atoms with Crippen LogP contribution in [0.4, 0.5) is 4.39 Å². The molecule has 1 N–H and O–H groups in total. The van der Waals surface area contributed by atoms with Crippen LogP contribution < -0.4 is 5.32 Å². The lowest BCUT2D eigenvalue weighted by atomic mass is 9.80. The van der Waals surface area contributed by atoms with Gasteiger partial charge in [-0.25, -0.2) is 0 Å². The third kappa shape index (κ3) is 4.83. The zero-order valence-electron chi connectivity index (χ0n) is 20.4. The molecule has 1 aliphatic carbocycles. The van der Waals surface area contributed by atoms with E-state index in [1.54, 1.807) is 24.3 Å². The van der Waals surface area contributed by atoms with E-state index in [9.17, 15) is 9.18 Å². The maximum absolute atomic E-state index is 14.7. The van der Waals surface area contributed by atoms with Crippen LogP contribution in [0.25, 0.3) is 11.3 Å². The second-order valence-corrected chi connectivity index (χ2v) is 15.1. The molecular weight excluding hydrogens is 455 g/mol. The van der Waals surface area contributed by atoms with Gasteiger partial charge in [0.15, 0.2) is 14.0 Å². The van der Waals surface area contributed by atoms with Crippen molar-refractivity contribution in [2.75, 3.05) is 0 Å². The van der Waals surface area contributed by atoms with Crippen molar-refractivity contribution in [1.82, 2.24) is 20.7 Å². The minimum absolute atomic E-state index is 0.0182. The Morgan fingerprint density at radius 2 is 1.88 bits per heavy atom. The molecule has 182 valence electrons. The standard InChI is InChI=1S/C24H31FN4O4Si/c1-14(33-34(5,6)24(2,3)4)22-27-28-23(31-22)16-12-17(13-16)26-21(30)20-18(25)19(29-32-20)15-10-8-7-9-11-15/h7-11,14,16-17H,12-13H2,1-6H3,(H,26,30). The van der Waals surface area contributed by atoms with Crippen molar-refractivity contribution in [2.45, 2.75) is 76.7 Å². The first-order valence-corrected chi connectivity index (χ1v) is 14.4. The van der Waals surface area contributed by atoms with Gasteiger partial charge in [0.1, 0.15) is 6.10 Å². The molecule has 0 radical (unpaired) electrons. The molecule has 10 heteroatoms. The van der Waals surface area contributed by atoms with Gasteiger partial charge in [-0.2, -0.15) is 4.39 Å². The number of nitrogens with zero attached hydrogens (tertiary/aromatic N) is 3. The minimum atomic E-state index is -1.97. The smallest absolute Gasteiger partial charge is 0.293 e. The molecule has 1 atom stereocenters. The van der Waals surface area contributed by atoms with Crippen LogP contribution in [-0.4, -0.2) is 35.6 Å². The van der Waals surface area contributed by atoms with Crippen molar-refractivity contribution in [3.63, 3.8) is 0 Å². The van der Waals surface area contributed by atoms with Crippen molar-refractivity contribution in [3.05, 3.63) is 53.7 Å².